The van der Waals surface area contributed by atoms with E-state index in [1.165, 1.54) is 5.56 Å². The molecule has 2 fully saturated rings. The van der Waals surface area contributed by atoms with Crippen molar-refractivity contribution in [1.29, 1.82) is 0 Å². The first-order chi connectivity index (χ1) is 10.8. The lowest BCUT2D eigenvalue weighted by Gasteiger charge is -2.40. The lowest BCUT2D eigenvalue weighted by Crippen LogP contribution is -2.51. The lowest BCUT2D eigenvalue weighted by molar-refractivity contribution is -0.0494. The van der Waals surface area contributed by atoms with Crippen LogP contribution in [0.25, 0.3) is 0 Å². The maximum atomic E-state index is 10.2. The average Bonchev–Trinajstić information content (AvgIpc) is 2.99. The van der Waals surface area contributed by atoms with Crippen molar-refractivity contribution in [1.82, 2.24) is 4.90 Å². The number of aliphatic hydroxyl groups is 1. The average molecular weight is 305 g/mol. The zero-order chi connectivity index (χ0) is 15.4. The Morgan fingerprint density at radius 3 is 2.77 bits per heavy atom. The quantitative estimate of drug-likeness (QED) is 0.904. The number of aliphatic hydroxyl groups excluding tert-OH is 1. The molecule has 1 aliphatic heterocycles. The van der Waals surface area contributed by atoms with Crippen LogP contribution in [-0.2, 0) is 11.2 Å². The number of morpholine rings is 1. The minimum absolute atomic E-state index is 0.143. The van der Waals surface area contributed by atoms with E-state index in [4.69, 9.17) is 9.47 Å². The Bertz CT molecular complexity index is 462. The molecule has 1 aliphatic carbocycles. The summed E-state index contributed by atoms with van der Waals surface area (Å²) in [5.41, 5.74) is 1.33. The predicted octanol–water partition coefficient (Wildman–Crippen LogP) is 2.10. The maximum Gasteiger partial charge on any atom is 0.118 e. The molecule has 1 heterocycles. The molecule has 1 N–H and O–H groups in total. The van der Waals surface area contributed by atoms with Gasteiger partial charge in [0, 0.05) is 25.0 Å². The topological polar surface area (TPSA) is 41.9 Å². The molecule has 1 saturated heterocycles. The van der Waals surface area contributed by atoms with Crippen molar-refractivity contribution < 1.29 is 14.6 Å². The third-order valence-corrected chi connectivity index (χ3v) is 5.15. The van der Waals surface area contributed by atoms with Crippen LogP contribution in [0.5, 0.6) is 5.75 Å². The Hall–Kier alpha value is -1.10. The Kier molecular flexibility index (Phi) is 5.34. The first kappa shape index (κ1) is 15.8. The molecule has 3 atom stereocenters. The summed E-state index contributed by atoms with van der Waals surface area (Å²) in [7, 11) is 1.69. The normalized spacial score (nSPS) is 29.6. The number of ether oxygens (including phenoxy) is 2. The number of nitrogens with zero attached hydrogens (tertiary/aromatic N) is 1. The second-order valence-corrected chi connectivity index (χ2v) is 6.44. The van der Waals surface area contributed by atoms with Crippen LogP contribution in [0.4, 0.5) is 0 Å². The minimum atomic E-state index is -0.143. The van der Waals surface area contributed by atoms with Gasteiger partial charge in [0.05, 0.1) is 26.4 Å². The van der Waals surface area contributed by atoms with Gasteiger partial charge in [-0.3, -0.25) is 4.90 Å². The Morgan fingerprint density at radius 1 is 1.27 bits per heavy atom. The van der Waals surface area contributed by atoms with Gasteiger partial charge < -0.3 is 14.6 Å². The van der Waals surface area contributed by atoms with Gasteiger partial charge in [0.1, 0.15) is 5.75 Å². The zero-order valence-electron chi connectivity index (χ0n) is 13.4. The van der Waals surface area contributed by atoms with E-state index in [9.17, 15) is 5.11 Å². The fourth-order valence-electron chi connectivity index (χ4n) is 3.81. The third kappa shape index (κ3) is 3.62. The largest absolute Gasteiger partial charge is 0.497 e. The van der Waals surface area contributed by atoms with Crippen molar-refractivity contribution in [2.24, 2.45) is 5.92 Å². The molecule has 0 bridgehead atoms. The second kappa shape index (κ2) is 7.44. The number of benzene rings is 1. The molecule has 22 heavy (non-hydrogen) atoms. The van der Waals surface area contributed by atoms with Crippen LogP contribution in [0.2, 0.25) is 0 Å². The summed E-state index contributed by atoms with van der Waals surface area (Å²) in [6, 6.07) is 8.70. The smallest absolute Gasteiger partial charge is 0.118 e. The van der Waals surface area contributed by atoms with E-state index in [0.717, 1.165) is 57.7 Å². The number of hydrogen-bond acceptors (Lipinski definition) is 4. The van der Waals surface area contributed by atoms with E-state index in [1.54, 1.807) is 7.11 Å². The van der Waals surface area contributed by atoms with Crippen LogP contribution in [0.15, 0.2) is 24.3 Å². The van der Waals surface area contributed by atoms with E-state index in [1.807, 2.05) is 12.1 Å². The van der Waals surface area contributed by atoms with Crippen molar-refractivity contribution in [3.8, 4) is 5.75 Å². The summed E-state index contributed by atoms with van der Waals surface area (Å²) in [6.07, 6.45) is 4.12. The molecule has 122 valence electrons. The number of rotatable bonds is 5. The van der Waals surface area contributed by atoms with Crippen LogP contribution in [0.1, 0.15) is 24.8 Å². The summed E-state index contributed by atoms with van der Waals surface area (Å²) in [5, 5.41) is 10.2. The van der Waals surface area contributed by atoms with Gasteiger partial charge in [-0.2, -0.15) is 0 Å². The van der Waals surface area contributed by atoms with Crippen molar-refractivity contribution in [2.45, 2.75) is 37.8 Å². The first-order valence-electron chi connectivity index (χ1n) is 8.40. The predicted molar refractivity (Wildman–Crippen MR) is 86.2 cm³/mol. The molecule has 1 aromatic carbocycles. The van der Waals surface area contributed by atoms with Gasteiger partial charge in [-0.25, -0.2) is 0 Å². The molecule has 0 spiro atoms. The van der Waals surface area contributed by atoms with E-state index in [2.05, 4.69) is 17.0 Å². The molecule has 0 unspecified atom stereocenters. The fourth-order valence-corrected chi connectivity index (χ4v) is 3.81. The van der Waals surface area contributed by atoms with Gasteiger partial charge in [-0.1, -0.05) is 18.6 Å². The SMILES string of the molecule is COc1ccc(CCN2CCOC[C@@H]2[C@@H]2CCC[C@H]2O)cc1. The molecule has 4 nitrogen and oxygen atoms in total. The highest BCUT2D eigenvalue weighted by atomic mass is 16.5. The molecule has 1 saturated carbocycles. The minimum Gasteiger partial charge on any atom is -0.497 e. The highest BCUT2D eigenvalue weighted by Crippen LogP contribution is 2.32. The van der Waals surface area contributed by atoms with Crippen molar-refractivity contribution >= 4 is 0 Å². The van der Waals surface area contributed by atoms with Crippen LogP contribution < -0.4 is 4.74 Å². The Morgan fingerprint density at radius 2 is 2.09 bits per heavy atom. The summed E-state index contributed by atoms with van der Waals surface area (Å²) < 4.78 is 10.9. The van der Waals surface area contributed by atoms with Crippen LogP contribution in [-0.4, -0.2) is 55.6 Å². The van der Waals surface area contributed by atoms with Crippen molar-refractivity contribution in [3.63, 3.8) is 0 Å². The maximum absolute atomic E-state index is 10.2. The fraction of sp³-hybridized carbons (Fsp3) is 0.667. The number of methoxy groups -OCH3 is 1. The van der Waals surface area contributed by atoms with E-state index in [0.29, 0.717) is 12.0 Å². The molecule has 2 aliphatic rings. The van der Waals surface area contributed by atoms with Gasteiger partial charge in [-0.15, -0.1) is 0 Å². The highest BCUT2D eigenvalue weighted by Gasteiger charge is 2.37. The second-order valence-electron chi connectivity index (χ2n) is 6.44. The summed E-state index contributed by atoms with van der Waals surface area (Å²) in [5.74, 6) is 1.29. The van der Waals surface area contributed by atoms with Crippen molar-refractivity contribution in [3.05, 3.63) is 29.8 Å². The van der Waals surface area contributed by atoms with Crippen molar-refractivity contribution in [2.75, 3.05) is 33.4 Å². The van der Waals surface area contributed by atoms with Crippen LogP contribution in [0, 0.1) is 5.92 Å². The van der Waals surface area contributed by atoms with Gasteiger partial charge in [-0.05, 0) is 37.0 Å². The molecular formula is C18H27NO3. The first-order valence-corrected chi connectivity index (χ1v) is 8.40. The monoisotopic (exact) mass is 305 g/mol. The van der Waals surface area contributed by atoms with Crippen LogP contribution in [0.3, 0.4) is 0 Å². The van der Waals surface area contributed by atoms with Gasteiger partial charge in [0.25, 0.3) is 0 Å². The molecule has 0 radical (unpaired) electrons. The Labute approximate surface area is 133 Å². The van der Waals surface area contributed by atoms with Gasteiger partial charge in [0.15, 0.2) is 0 Å². The van der Waals surface area contributed by atoms with E-state index in [-0.39, 0.29) is 6.10 Å². The standard InChI is InChI=1S/C18H27NO3/c1-21-15-7-5-14(6-8-15)9-10-19-11-12-22-13-17(19)16-3-2-4-18(16)20/h5-8,16-18,20H,2-4,9-13H2,1H3/t16-,17+,18+/m0/s1. The van der Waals surface area contributed by atoms with Gasteiger partial charge in [0.2, 0.25) is 0 Å². The molecule has 0 amide bonds. The highest BCUT2D eigenvalue weighted by molar-refractivity contribution is 5.27. The van der Waals surface area contributed by atoms with Crippen LogP contribution >= 0.6 is 0 Å². The summed E-state index contributed by atoms with van der Waals surface area (Å²) in [6.45, 7) is 3.58. The van der Waals surface area contributed by atoms with E-state index < -0.39 is 0 Å². The molecule has 4 heteroatoms. The molecule has 0 aromatic heterocycles. The summed E-state index contributed by atoms with van der Waals surface area (Å²) in [4.78, 5) is 2.52. The lowest BCUT2D eigenvalue weighted by atomic mass is 9.94. The zero-order valence-corrected chi connectivity index (χ0v) is 13.4. The molecule has 3 rings (SSSR count). The Balaban J connectivity index is 1.58. The van der Waals surface area contributed by atoms with Gasteiger partial charge >= 0.3 is 0 Å². The van der Waals surface area contributed by atoms with E-state index >= 15 is 0 Å². The third-order valence-electron chi connectivity index (χ3n) is 5.15. The number of hydrogen-bond donors (Lipinski definition) is 1. The summed E-state index contributed by atoms with van der Waals surface area (Å²) >= 11 is 0. The molecular weight excluding hydrogens is 278 g/mol. The molecule has 1 aromatic rings.